The smallest absolute Gasteiger partial charge is 0.356 e. The zero-order chi connectivity index (χ0) is 13.9. The molecule has 20 heavy (non-hydrogen) atoms. The predicted molar refractivity (Wildman–Crippen MR) is 74.0 cm³/mol. The van der Waals surface area contributed by atoms with Crippen molar-refractivity contribution in [2.24, 2.45) is 0 Å². The van der Waals surface area contributed by atoms with Crippen LogP contribution in [0.5, 0.6) is 0 Å². The Kier molecular flexibility index (Phi) is 2.96. The zero-order valence-corrected chi connectivity index (χ0v) is 10.3. The maximum absolute atomic E-state index is 10.7. The van der Waals surface area contributed by atoms with Crippen molar-refractivity contribution in [1.29, 1.82) is 0 Å². The van der Waals surface area contributed by atoms with Gasteiger partial charge in [0.15, 0.2) is 5.69 Å². The average molecular weight is 266 g/mol. The predicted octanol–water partition coefficient (Wildman–Crippen LogP) is 2.47. The molecular weight excluding hydrogens is 256 g/mol. The standard InChI is InChI=1S/C14H10N4O2/c19-14(20)12-7-17-13(8-16-12)18-11-5-1-4-10-9(11)3-2-6-15-10/h1-8H,(H,17,18)(H,19,20). The highest BCUT2D eigenvalue weighted by Crippen LogP contribution is 2.23. The van der Waals surface area contributed by atoms with Gasteiger partial charge in [0.2, 0.25) is 0 Å². The molecule has 0 saturated heterocycles. The van der Waals surface area contributed by atoms with E-state index >= 15 is 0 Å². The molecule has 0 bridgehead atoms. The molecule has 98 valence electrons. The van der Waals surface area contributed by atoms with E-state index < -0.39 is 5.97 Å². The van der Waals surface area contributed by atoms with Crippen molar-refractivity contribution in [2.75, 3.05) is 5.32 Å². The molecule has 3 aromatic rings. The number of anilines is 2. The fourth-order valence-corrected chi connectivity index (χ4v) is 1.85. The summed E-state index contributed by atoms with van der Waals surface area (Å²) in [5.41, 5.74) is 1.62. The van der Waals surface area contributed by atoms with Gasteiger partial charge >= 0.3 is 5.97 Å². The largest absolute Gasteiger partial charge is 0.476 e. The topological polar surface area (TPSA) is 88.0 Å². The lowest BCUT2D eigenvalue weighted by molar-refractivity contribution is 0.0690. The van der Waals surface area contributed by atoms with Crippen LogP contribution in [0.1, 0.15) is 10.5 Å². The molecule has 0 fully saturated rings. The van der Waals surface area contributed by atoms with Gasteiger partial charge in [0.05, 0.1) is 17.9 Å². The number of benzene rings is 1. The van der Waals surface area contributed by atoms with Crippen LogP contribution in [0.15, 0.2) is 48.9 Å². The van der Waals surface area contributed by atoms with E-state index in [0.717, 1.165) is 16.6 Å². The number of aromatic nitrogens is 3. The second-order valence-corrected chi connectivity index (χ2v) is 4.09. The maximum Gasteiger partial charge on any atom is 0.356 e. The van der Waals surface area contributed by atoms with E-state index in [1.807, 2.05) is 30.3 Å². The number of carbonyl (C=O) groups is 1. The second-order valence-electron chi connectivity index (χ2n) is 4.09. The zero-order valence-electron chi connectivity index (χ0n) is 10.3. The van der Waals surface area contributed by atoms with Gasteiger partial charge in [-0.2, -0.15) is 0 Å². The molecule has 2 N–H and O–H groups in total. The minimum atomic E-state index is -1.10. The van der Waals surface area contributed by atoms with E-state index in [9.17, 15) is 4.79 Å². The molecule has 6 heteroatoms. The van der Waals surface area contributed by atoms with Gasteiger partial charge in [-0.05, 0) is 24.3 Å². The molecule has 0 aliphatic carbocycles. The lowest BCUT2D eigenvalue weighted by Crippen LogP contribution is -2.02. The van der Waals surface area contributed by atoms with Gasteiger partial charge in [-0.15, -0.1) is 0 Å². The number of carboxylic acid groups (broad SMARTS) is 1. The van der Waals surface area contributed by atoms with Crippen LogP contribution in [0.3, 0.4) is 0 Å². The van der Waals surface area contributed by atoms with Crippen LogP contribution in [0.4, 0.5) is 11.5 Å². The number of nitrogens with zero attached hydrogens (tertiary/aromatic N) is 3. The Bertz CT molecular complexity index is 766. The van der Waals surface area contributed by atoms with E-state index in [1.165, 1.54) is 12.4 Å². The maximum atomic E-state index is 10.7. The molecule has 0 unspecified atom stereocenters. The summed E-state index contributed by atoms with van der Waals surface area (Å²) in [4.78, 5) is 22.8. The van der Waals surface area contributed by atoms with E-state index in [-0.39, 0.29) is 5.69 Å². The van der Waals surface area contributed by atoms with Crippen molar-refractivity contribution < 1.29 is 9.90 Å². The Labute approximate surface area is 114 Å². The molecule has 0 atom stereocenters. The molecule has 6 nitrogen and oxygen atoms in total. The minimum Gasteiger partial charge on any atom is -0.476 e. The third-order valence-electron chi connectivity index (χ3n) is 2.78. The molecule has 0 aliphatic rings. The van der Waals surface area contributed by atoms with Crippen LogP contribution in [0.25, 0.3) is 10.9 Å². The summed E-state index contributed by atoms with van der Waals surface area (Å²) < 4.78 is 0. The van der Waals surface area contributed by atoms with Crippen LogP contribution < -0.4 is 5.32 Å². The Hall–Kier alpha value is -3.02. The van der Waals surface area contributed by atoms with Crippen molar-refractivity contribution in [2.45, 2.75) is 0 Å². The van der Waals surface area contributed by atoms with E-state index in [4.69, 9.17) is 5.11 Å². The molecule has 3 rings (SSSR count). The van der Waals surface area contributed by atoms with Crippen molar-refractivity contribution in [1.82, 2.24) is 15.0 Å². The quantitative estimate of drug-likeness (QED) is 0.757. The van der Waals surface area contributed by atoms with Crippen molar-refractivity contribution in [3.05, 3.63) is 54.6 Å². The lowest BCUT2D eigenvalue weighted by atomic mass is 10.2. The normalized spacial score (nSPS) is 10.4. The molecule has 0 aliphatic heterocycles. The molecule has 1 aromatic carbocycles. The first-order valence-corrected chi connectivity index (χ1v) is 5.90. The number of hydrogen-bond acceptors (Lipinski definition) is 5. The first kappa shape index (κ1) is 12.0. The SMILES string of the molecule is O=C(O)c1cnc(Nc2cccc3ncccc23)cn1. The summed E-state index contributed by atoms with van der Waals surface area (Å²) in [7, 11) is 0. The second kappa shape index (κ2) is 4.93. The molecular formula is C14H10N4O2. The summed E-state index contributed by atoms with van der Waals surface area (Å²) in [5, 5.41) is 12.8. The number of rotatable bonds is 3. The molecule has 0 amide bonds. The van der Waals surface area contributed by atoms with Crippen LogP contribution in [-0.4, -0.2) is 26.0 Å². The Morgan fingerprint density at radius 3 is 2.70 bits per heavy atom. The van der Waals surface area contributed by atoms with Crippen molar-refractivity contribution >= 4 is 28.4 Å². The lowest BCUT2D eigenvalue weighted by Gasteiger charge is -2.08. The number of hydrogen-bond donors (Lipinski definition) is 2. The molecule has 0 saturated carbocycles. The molecule has 2 aromatic heterocycles. The van der Waals surface area contributed by atoms with Gasteiger partial charge in [0, 0.05) is 17.3 Å². The third-order valence-corrected chi connectivity index (χ3v) is 2.78. The third kappa shape index (κ3) is 2.26. The molecule has 0 spiro atoms. The number of fused-ring (bicyclic) bond motifs is 1. The van der Waals surface area contributed by atoms with Gasteiger partial charge in [-0.3, -0.25) is 4.98 Å². The summed E-state index contributed by atoms with van der Waals surface area (Å²) in [6.07, 6.45) is 4.33. The summed E-state index contributed by atoms with van der Waals surface area (Å²) in [6, 6.07) is 9.50. The monoisotopic (exact) mass is 266 g/mol. The van der Waals surface area contributed by atoms with Crippen molar-refractivity contribution in [3.63, 3.8) is 0 Å². The number of carboxylic acids is 1. The summed E-state index contributed by atoms with van der Waals surface area (Å²) in [5.74, 6) is -0.621. The van der Waals surface area contributed by atoms with Gasteiger partial charge < -0.3 is 10.4 Å². The van der Waals surface area contributed by atoms with Gasteiger partial charge in [-0.1, -0.05) is 6.07 Å². The minimum absolute atomic E-state index is 0.0878. The number of aromatic carboxylic acids is 1. The van der Waals surface area contributed by atoms with Crippen LogP contribution in [0, 0.1) is 0 Å². The summed E-state index contributed by atoms with van der Waals surface area (Å²) in [6.45, 7) is 0. The highest BCUT2D eigenvalue weighted by molar-refractivity contribution is 5.92. The first-order chi connectivity index (χ1) is 9.74. The van der Waals surface area contributed by atoms with Gasteiger partial charge in [-0.25, -0.2) is 14.8 Å². The van der Waals surface area contributed by atoms with E-state index in [0.29, 0.717) is 5.82 Å². The highest BCUT2D eigenvalue weighted by Gasteiger charge is 2.06. The number of nitrogens with one attached hydrogen (secondary N) is 1. The molecule has 0 radical (unpaired) electrons. The fraction of sp³-hybridized carbons (Fsp3) is 0. The average Bonchev–Trinajstić information content (AvgIpc) is 2.48. The Balaban J connectivity index is 1.95. The Morgan fingerprint density at radius 1 is 1.05 bits per heavy atom. The summed E-state index contributed by atoms with van der Waals surface area (Å²) >= 11 is 0. The van der Waals surface area contributed by atoms with E-state index in [1.54, 1.807) is 6.20 Å². The van der Waals surface area contributed by atoms with Crippen molar-refractivity contribution in [3.8, 4) is 0 Å². The van der Waals surface area contributed by atoms with Crippen LogP contribution in [0.2, 0.25) is 0 Å². The van der Waals surface area contributed by atoms with Gasteiger partial charge in [0.1, 0.15) is 5.82 Å². The fourth-order valence-electron chi connectivity index (χ4n) is 1.85. The van der Waals surface area contributed by atoms with Crippen LogP contribution >= 0.6 is 0 Å². The highest BCUT2D eigenvalue weighted by atomic mass is 16.4. The number of pyridine rings is 1. The van der Waals surface area contributed by atoms with E-state index in [2.05, 4.69) is 20.3 Å². The molecule has 2 heterocycles. The Morgan fingerprint density at radius 2 is 1.95 bits per heavy atom. The van der Waals surface area contributed by atoms with Crippen LogP contribution in [-0.2, 0) is 0 Å². The van der Waals surface area contributed by atoms with Gasteiger partial charge in [0.25, 0.3) is 0 Å². The first-order valence-electron chi connectivity index (χ1n) is 5.90.